The molecule has 1 aliphatic rings. The summed E-state index contributed by atoms with van der Waals surface area (Å²) in [5, 5.41) is 16.0. The first-order valence-corrected chi connectivity index (χ1v) is 62.9. The van der Waals surface area contributed by atoms with Gasteiger partial charge in [0.05, 0.1) is 44.5 Å². The molecule has 7 rings (SSSR count). The highest BCUT2D eigenvalue weighted by Crippen LogP contribution is 2.54. The lowest BCUT2D eigenvalue weighted by Crippen LogP contribution is -2.30. The molecule has 14 nitrogen and oxygen atoms in total. The maximum Gasteiger partial charge on any atom is 0.332 e. The Morgan fingerprint density at radius 2 is 0.777 bits per heavy atom. The first-order valence-electron chi connectivity index (χ1n) is 35.0. The summed E-state index contributed by atoms with van der Waals surface area (Å²) < 4.78 is 78.4. The third kappa shape index (κ3) is 90.6. The monoisotopic (exact) mass is 1960 g/mol. The Bertz CT molecular complexity index is 2670. The predicted octanol–water partition coefficient (Wildman–Crippen LogP) is 28.3. The van der Waals surface area contributed by atoms with Crippen LogP contribution in [-0.2, 0) is 75.2 Å². The standard InChI is InChI=1S/C14H29O3PSSi2.C12H21O3PS.C8H11BrS.C8H13O3PS.C7H8.C6H15O3P.C4H8Br2.C4H8O.C4H4S.C3H9BrSi.CH2Cl2.H2O/c1-20(2,3)16-18(15,17-21(4,5)6)12-8-7-10-14-11-9-13-19-14;1-3-14-16(13,15-4-2)10-6-5-8-12-9-7-11-17-12;9-6-2-1-4-8-5-3-7-10-8;9-12(10,11)6-2-1-4-8-5-3-7-13-8;1-7-5-3-2-4-6-7;1-4-7-10(8-5-2)9-6-3;5-3-1-2-4-6;2*1-2-4-5-3-1;1-5(2,3)4;2-1-3;/h9,11,13H,7-8,10,12H2,1-6H3;7,9,11H,3-6,8,10H2,1-2H3;3,5,7H,1-2,4,6H2;3,5,7H,1-2,4,6H2,(H2,9,10,11);2-6H,1H3;4-6H2,1-3H3;1-4H2;1-4H2;1-4H;1-3H3;1H2;1H2. The van der Waals surface area contributed by atoms with Gasteiger partial charge in [-0.15, -0.1) is 83.8 Å². The van der Waals surface area contributed by atoms with Crippen LogP contribution >= 0.6 is 174 Å². The maximum atomic E-state index is 13.0. The molecule has 0 bridgehead atoms. The van der Waals surface area contributed by atoms with Crippen LogP contribution in [0.3, 0.4) is 0 Å². The lowest BCUT2D eigenvalue weighted by atomic mass is 10.2. The number of alkyl halides is 5. The second kappa shape index (κ2) is 76.2. The van der Waals surface area contributed by atoms with Crippen LogP contribution in [0.1, 0.15) is 137 Å². The van der Waals surface area contributed by atoms with E-state index < -0.39 is 54.7 Å². The molecule has 0 atom stereocenters. The number of rotatable bonds is 36. The van der Waals surface area contributed by atoms with Crippen molar-refractivity contribution in [2.75, 3.05) is 86.1 Å². The molecule has 0 aliphatic carbocycles. The van der Waals surface area contributed by atoms with E-state index in [9.17, 15) is 13.7 Å². The van der Waals surface area contributed by atoms with Gasteiger partial charge in [0.1, 0.15) is 6.69 Å². The van der Waals surface area contributed by atoms with Gasteiger partial charge in [0.15, 0.2) is 16.6 Å². The van der Waals surface area contributed by atoms with Gasteiger partial charge in [0, 0.05) is 61.0 Å². The van der Waals surface area contributed by atoms with E-state index in [0.717, 1.165) is 80.6 Å². The number of thiophene rings is 5. The molecule has 602 valence electrons. The summed E-state index contributed by atoms with van der Waals surface area (Å²) in [6, 6.07) is 31.1. The molecule has 1 fully saturated rings. The number of unbranched alkanes of at least 4 members (excludes halogenated alkanes) is 5. The Morgan fingerprint density at radius 1 is 0.466 bits per heavy atom. The van der Waals surface area contributed by atoms with E-state index in [2.05, 4.69) is 194 Å². The average Bonchev–Trinajstić information content (AvgIpc) is 1.77. The Balaban J connectivity index is -0.000000356. The molecule has 0 spiro atoms. The molecule has 0 saturated carbocycles. The van der Waals surface area contributed by atoms with Crippen molar-refractivity contribution in [3.63, 3.8) is 0 Å². The van der Waals surface area contributed by atoms with Crippen LogP contribution < -0.4 is 0 Å². The lowest BCUT2D eigenvalue weighted by Gasteiger charge is -2.31. The van der Waals surface area contributed by atoms with Gasteiger partial charge in [-0.3, -0.25) is 13.7 Å². The zero-order valence-electron chi connectivity index (χ0n) is 64.3. The molecule has 1 saturated heterocycles. The van der Waals surface area contributed by atoms with Crippen molar-refractivity contribution in [1.29, 1.82) is 0 Å². The molecule has 6 aromatic rings. The third-order valence-electron chi connectivity index (χ3n) is 11.4. The SMILES string of the molecule is BrCCCCBr.BrCCCCc1cccs1.C1CCOC1.CCOP(=O)(CCCCc1cccs1)OCC.CCOP(OCC)OCC.C[Si](C)(C)Br.C[Si](C)(C)OP(=O)(CCCCc1cccs1)O[Si](C)(C)C.Cc1ccccc1.ClCCl.O.O=P(O)(O)CCCCc1cccs1.c1ccsc1. The summed E-state index contributed by atoms with van der Waals surface area (Å²) >= 11 is 31.9. The minimum Gasteiger partial charge on any atom is -0.412 e. The van der Waals surface area contributed by atoms with Crippen molar-refractivity contribution in [2.24, 2.45) is 0 Å². The summed E-state index contributed by atoms with van der Waals surface area (Å²) in [6.07, 6.45) is 18.4. The molecule has 103 heavy (non-hydrogen) atoms. The summed E-state index contributed by atoms with van der Waals surface area (Å²) in [5.41, 5.74) is 1.32. The fourth-order valence-corrected chi connectivity index (χ4v) is 23.8. The van der Waals surface area contributed by atoms with Crippen LogP contribution in [0.2, 0.25) is 58.9 Å². The first kappa shape index (κ1) is 113. The van der Waals surface area contributed by atoms with Gasteiger partial charge in [-0.1, -0.05) is 140 Å². The van der Waals surface area contributed by atoms with Crippen LogP contribution in [-0.4, -0.2) is 125 Å². The largest absolute Gasteiger partial charge is 0.412 e. The molecule has 0 unspecified atom stereocenters. The van der Waals surface area contributed by atoms with E-state index in [1.165, 1.54) is 70.0 Å². The molecule has 6 heterocycles. The number of aryl methyl sites for hydroxylation is 5. The van der Waals surface area contributed by atoms with Crippen LogP contribution in [0.5, 0.6) is 0 Å². The van der Waals surface area contributed by atoms with E-state index in [1.807, 2.05) is 105 Å². The van der Waals surface area contributed by atoms with Gasteiger partial charge < -0.3 is 51.0 Å². The van der Waals surface area contributed by atoms with Gasteiger partial charge in [-0.2, -0.15) is 11.3 Å². The molecule has 0 amide bonds. The normalized spacial score (nSPS) is 11.7. The molecule has 5 aromatic heterocycles. The smallest absolute Gasteiger partial charge is 0.332 e. The molecule has 32 heteroatoms. The van der Waals surface area contributed by atoms with E-state index in [4.69, 9.17) is 68.8 Å². The third-order valence-corrected chi connectivity index (χ3v) is 29.4. The lowest BCUT2D eigenvalue weighted by molar-refractivity contribution is 0.176. The summed E-state index contributed by atoms with van der Waals surface area (Å²) in [4.78, 5) is 22.7. The van der Waals surface area contributed by atoms with Crippen molar-refractivity contribution in [3.05, 3.63) is 148 Å². The minimum atomic E-state index is -3.77. The fraction of sp³-hybridized carbons (Fsp3) is 0.634. The molecule has 1 aliphatic heterocycles. The Kier molecular flexibility index (Phi) is 83.7. The molecular weight excluding hydrogens is 1840 g/mol. The highest BCUT2D eigenvalue weighted by molar-refractivity contribution is 9.26. The number of benzene rings is 1. The highest BCUT2D eigenvalue weighted by Gasteiger charge is 2.36. The second-order valence-electron chi connectivity index (χ2n) is 24.6. The molecule has 1 aromatic carbocycles. The maximum absolute atomic E-state index is 13.0. The molecule has 4 N–H and O–H groups in total. The van der Waals surface area contributed by atoms with E-state index in [-0.39, 0.29) is 17.0 Å². The minimum absolute atomic E-state index is 0. The highest BCUT2D eigenvalue weighted by atomic mass is 79.9. The number of hydrogen-bond acceptors (Lipinski definition) is 16. The van der Waals surface area contributed by atoms with Gasteiger partial charge >= 0.3 is 31.4 Å². The van der Waals surface area contributed by atoms with Crippen molar-refractivity contribution in [1.82, 2.24) is 0 Å². The van der Waals surface area contributed by atoms with Crippen LogP contribution in [0, 0.1) is 6.92 Å². The van der Waals surface area contributed by atoms with Gasteiger partial charge in [0.25, 0.3) is 0 Å². The van der Waals surface area contributed by atoms with Crippen LogP contribution in [0.4, 0.5) is 0 Å². The van der Waals surface area contributed by atoms with Crippen LogP contribution in [0.25, 0.3) is 0 Å². The summed E-state index contributed by atoms with van der Waals surface area (Å²) in [6.45, 7) is 34.7. The van der Waals surface area contributed by atoms with Crippen molar-refractivity contribution >= 4 is 198 Å². The second-order valence-corrected chi connectivity index (χ2v) is 60.8. The summed E-state index contributed by atoms with van der Waals surface area (Å²) in [5.74, 6) is 0. The zero-order valence-corrected chi connectivity index (χ0v) is 82.8. The van der Waals surface area contributed by atoms with Crippen molar-refractivity contribution in [3.8, 4) is 0 Å². The van der Waals surface area contributed by atoms with Gasteiger partial charge in [0.2, 0.25) is 0 Å². The number of halogens is 6. The Hall–Kier alpha value is 1.55. The predicted molar refractivity (Wildman–Crippen MR) is 483 cm³/mol. The van der Waals surface area contributed by atoms with Crippen molar-refractivity contribution < 1.29 is 64.7 Å². The Morgan fingerprint density at radius 3 is 1.00 bits per heavy atom. The zero-order chi connectivity index (χ0) is 77.7. The van der Waals surface area contributed by atoms with Gasteiger partial charge in [-0.25, -0.2) is 0 Å². The van der Waals surface area contributed by atoms with E-state index in [1.54, 1.807) is 45.3 Å². The van der Waals surface area contributed by atoms with E-state index in [0.29, 0.717) is 51.8 Å². The summed E-state index contributed by atoms with van der Waals surface area (Å²) in [7, 11) is -14.3. The van der Waals surface area contributed by atoms with Crippen LogP contribution in [0.15, 0.2) is 123 Å². The Labute approximate surface area is 692 Å². The van der Waals surface area contributed by atoms with Crippen molar-refractivity contribution in [2.45, 2.75) is 203 Å². The number of hydrogen-bond donors (Lipinski definition) is 2. The first-order chi connectivity index (χ1) is 48.3. The number of ether oxygens (including phenoxy) is 1. The topological polar surface area (TPSA) is 197 Å². The van der Waals surface area contributed by atoms with E-state index >= 15 is 0 Å². The van der Waals surface area contributed by atoms with Gasteiger partial charge in [-0.05, 0) is 240 Å². The fourth-order valence-electron chi connectivity index (χ4n) is 7.43. The molecule has 0 radical (unpaired) electrons. The quantitative estimate of drug-likeness (QED) is 0.0124. The molecular formula is C71H130Br4Cl2O14P4S5Si3. The average molecular weight is 1970 g/mol.